The van der Waals surface area contributed by atoms with Gasteiger partial charge in [-0.3, -0.25) is 9.00 Å². The van der Waals surface area contributed by atoms with Gasteiger partial charge in [0, 0.05) is 42.4 Å². The maximum absolute atomic E-state index is 12.7. The van der Waals surface area contributed by atoms with Crippen LogP contribution in [-0.4, -0.2) is 64.6 Å². The van der Waals surface area contributed by atoms with Crippen molar-refractivity contribution in [3.05, 3.63) is 33.8 Å². The number of carbonyl (C=O) groups excluding carboxylic acids is 1. The average molecular weight is 405 g/mol. The first-order chi connectivity index (χ1) is 11.9. The van der Waals surface area contributed by atoms with Crippen LogP contribution in [0.3, 0.4) is 0 Å². The van der Waals surface area contributed by atoms with Gasteiger partial charge in [0.05, 0.1) is 16.5 Å². The van der Waals surface area contributed by atoms with Crippen LogP contribution < -0.4 is 0 Å². The fourth-order valence-electron chi connectivity index (χ4n) is 3.13. The van der Waals surface area contributed by atoms with Gasteiger partial charge < -0.3 is 9.80 Å². The molecule has 0 aromatic heterocycles. The molecule has 1 aromatic carbocycles. The van der Waals surface area contributed by atoms with Gasteiger partial charge in [-0.2, -0.15) is 0 Å². The third-order valence-corrected chi connectivity index (χ3v) is 6.24. The molecule has 4 nitrogen and oxygen atoms in total. The van der Waals surface area contributed by atoms with E-state index in [-0.39, 0.29) is 11.9 Å². The average Bonchev–Trinajstić information content (AvgIpc) is 3.07. The Hall–Kier alpha value is -0.620. The lowest BCUT2D eigenvalue weighted by molar-refractivity contribution is -0.131. The van der Waals surface area contributed by atoms with Crippen molar-refractivity contribution in [2.24, 2.45) is 0 Å². The topological polar surface area (TPSA) is 40.6 Å². The van der Waals surface area contributed by atoms with Crippen LogP contribution in [0.25, 0.3) is 0 Å². The maximum Gasteiger partial charge on any atom is 0.227 e. The minimum atomic E-state index is -0.851. The maximum atomic E-state index is 12.7. The zero-order valence-corrected chi connectivity index (χ0v) is 17.2. The van der Waals surface area contributed by atoms with E-state index in [0.717, 1.165) is 31.6 Å². The summed E-state index contributed by atoms with van der Waals surface area (Å²) in [4.78, 5) is 16.9. The highest BCUT2D eigenvalue weighted by Gasteiger charge is 2.24. The van der Waals surface area contributed by atoms with Crippen LogP contribution in [0.5, 0.6) is 0 Å². The largest absolute Gasteiger partial charge is 0.341 e. The lowest BCUT2D eigenvalue weighted by atomic mass is 10.1. The highest BCUT2D eigenvalue weighted by molar-refractivity contribution is 7.84. The van der Waals surface area contributed by atoms with E-state index >= 15 is 0 Å². The SMILES string of the molecule is CN(C(=O)Cc1ccc(Cl)c(Cl)c1)C(CCS(C)=O)CN1CCCC1. The lowest BCUT2D eigenvalue weighted by Gasteiger charge is -2.31. The Bertz CT molecular complexity index is 621. The Kier molecular flexibility index (Phi) is 8.20. The Labute approximate surface area is 162 Å². The minimum absolute atomic E-state index is 0.0458. The van der Waals surface area contributed by atoms with E-state index in [1.54, 1.807) is 18.4 Å². The van der Waals surface area contributed by atoms with E-state index in [0.29, 0.717) is 22.2 Å². The first kappa shape index (κ1) is 20.7. The monoisotopic (exact) mass is 404 g/mol. The van der Waals surface area contributed by atoms with Crippen LogP contribution in [-0.2, 0) is 22.0 Å². The predicted octanol–water partition coefficient (Wildman–Crippen LogP) is 3.23. The van der Waals surface area contributed by atoms with Crippen molar-refractivity contribution in [3.8, 4) is 0 Å². The Morgan fingerprint density at radius 1 is 1.28 bits per heavy atom. The van der Waals surface area contributed by atoms with Gasteiger partial charge in [-0.05, 0) is 50.0 Å². The summed E-state index contributed by atoms with van der Waals surface area (Å²) in [6.07, 6.45) is 5.19. The van der Waals surface area contributed by atoms with E-state index in [9.17, 15) is 9.00 Å². The smallest absolute Gasteiger partial charge is 0.227 e. The molecule has 0 aliphatic carbocycles. The van der Waals surface area contributed by atoms with Gasteiger partial charge in [-0.25, -0.2) is 0 Å². The Morgan fingerprint density at radius 3 is 2.56 bits per heavy atom. The second kappa shape index (κ2) is 9.91. The van der Waals surface area contributed by atoms with Crippen LogP contribution in [0.2, 0.25) is 10.0 Å². The molecule has 1 aromatic rings. The molecule has 0 radical (unpaired) electrons. The third-order valence-electron chi connectivity index (χ3n) is 4.69. The second-order valence-corrected chi connectivity index (χ2v) is 9.03. The number of benzene rings is 1. The predicted molar refractivity (Wildman–Crippen MR) is 106 cm³/mol. The van der Waals surface area contributed by atoms with Crippen LogP contribution in [0.4, 0.5) is 0 Å². The fraction of sp³-hybridized carbons (Fsp3) is 0.611. The zero-order chi connectivity index (χ0) is 18.4. The number of carbonyl (C=O) groups is 1. The van der Waals surface area contributed by atoms with Gasteiger partial charge in [0.25, 0.3) is 0 Å². The molecule has 1 fully saturated rings. The summed E-state index contributed by atoms with van der Waals surface area (Å²) < 4.78 is 11.5. The van der Waals surface area contributed by atoms with Gasteiger partial charge in [0.2, 0.25) is 5.91 Å². The van der Waals surface area contributed by atoms with Crippen LogP contribution in [0, 0.1) is 0 Å². The van der Waals surface area contributed by atoms with Gasteiger partial charge in [0.15, 0.2) is 0 Å². The molecule has 0 N–H and O–H groups in total. The Morgan fingerprint density at radius 2 is 1.96 bits per heavy atom. The van der Waals surface area contributed by atoms with E-state index in [1.807, 2.05) is 18.0 Å². The second-order valence-electron chi connectivity index (χ2n) is 6.66. The molecule has 1 saturated heterocycles. The molecule has 25 heavy (non-hydrogen) atoms. The van der Waals surface area contributed by atoms with Gasteiger partial charge in [-0.15, -0.1) is 0 Å². The highest BCUT2D eigenvalue weighted by atomic mass is 35.5. The molecular weight excluding hydrogens is 379 g/mol. The normalized spacial score (nSPS) is 17.4. The number of nitrogens with zero attached hydrogens (tertiary/aromatic N) is 2. The van der Waals surface area contributed by atoms with Crippen molar-refractivity contribution < 1.29 is 9.00 Å². The number of likely N-dealkylation sites (tertiary alicyclic amines) is 1. The Balaban J connectivity index is 2.01. The fourth-order valence-corrected chi connectivity index (χ4v) is 4.05. The summed E-state index contributed by atoms with van der Waals surface area (Å²) in [5, 5.41) is 0.952. The molecule has 0 saturated carbocycles. The molecule has 7 heteroatoms. The van der Waals surface area contributed by atoms with Crippen molar-refractivity contribution in [1.82, 2.24) is 9.80 Å². The summed E-state index contributed by atoms with van der Waals surface area (Å²) in [6.45, 7) is 3.02. The molecule has 2 atom stereocenters. The molecule has 1 heterocycles. The number of halogens is 2. The third kappa shape index (κ3) is 6.55. The first-order valence-electron chi connectivity index (χ1n) is 8.59. The quantitative estimate of drug-likeness (QED) is 0.667. The number of rotatable bonds is 8. The molecule has 1 aliphatic heterocycles. The number of amides is 1. The van der Waals surface area contributed by atoms with E-state index in [1.165, 1.54) is 12.8 Å². The number of likely N-dealkylation sites (N-methyl/N-ethyl adjacent to an activating group) is 1. The van der Waals surface area contributed by atoms with Gasteiger partial charge in [0.1, 0.15) is 0 Å². The van der Waals surface area contributed by atoms with Crippen molar-refractivity contribution in [2.75, 3.05) is 38.7 Å². The van der Waals surface area contributed by atoms with Gasteiger partial charge >= 0.3 is 0 Å². The molecule has 140 valence electrons. The zero-order valence-electron chi connectivity index (χ0n) is 14.8. The van der Waals surface area contributed by atoms with Gasteiger partial charge in [-0.1, -0.05) is 29.3 Å². The van der Waals surface area contributed by atoms with Crippen LogP contribution in [0.1, 0.15) is 24.8 Å². The highest BCUT2D eigenvalue weighted by Crippen LogP contribution is 2.23. The molecular formula is C18H26Cl2N2O2S. The van der Waals surface area contributed by atoms with E-state index in [2.05, 4.69) is 4.90 Å². The first-order valence-corrected chi connectivity index (χ1v) is 11.1. The molecule has 0 spiro atoms. The number of hydrogen-bond donors (Lipinski definition) is 0. The van der Waals surface area contributed by atoms with Crippen molar-refractivity contribution >= 4 is 39.9 Å². The standard InChI is InChI=1S/C18H26Cl2N2O2S/c1-21(18(23)12-14-5-6-16(19)17(20)11-14)15(7-10-25(2)24)13-22-8-3-4-9-22/h5-6,11,15H,3-4,7-10,12-13H2,1-2H3. The summed E-state index contributed by atoms with van der Waals surface area (Å²) in [5.74, 6) is 0.660. The molecule has 2 unspecified atom stereocenters. The molecule has 0 bridgehead atoms. The summed E-state index contributed by atoms with van der Waals surface area (Å²) >= 11 is 12.0. The summed E-state index contributed by atoms with van der Waals surface area (Å²) in [6, 6.07) is 5.37. The van der Waals surface area contributed by atoms with Crippen molar-refractivity contribution in [2.45, 2.75) is 31.7 Å². The van der Waals surface area contributed by atoms with Crippen molar-refractivity contribution in [1.29, 1.82) is 0 Å². The lowest BCUT2D eigenvalue weighted by Crippen LogP contribution is -2.45. The van der Waals surface area contributed by atoms with E-state index in [4.69, 9.17) is 23.2 Å². The van der Waals surface area contributed by atoms with Crippen molar-refractivity contribution in [3.63, 3.8) is 0 Å². The summed E-state index contributed by atoms with van der Waals surface area (Å²) in [7, 11) is 0.995. The van der Waals surface area contributed by atoms with Crippen LogP contribution >= 0.6 is 23.2 Å². The molecule has 1 amide bonds. The van der Waals surface area contributed by atoms with E-state index < -0.39 is 10.8 Å². The number of hydrogen-bond acceptors (Lipinski definition) is 3. The van der Waals surface area contributed by atoms with Crippen LogP contribution in [0.15, 0.2) is 18.2 Å². The minimum Gasteiger partial charge on any atom is -0.341 e. The molecule has 2 rings (SSSR count). The summed E-state index contributed by atoms with van der Waals surface area (Å²) in [5.41, 5.74) is 0.852. The molecule has 1 aliphatic rings.